The molecule has 1 saturated heterocycles. The molecule has 0 radical (unpaired) electrons. The summed E-state index contributed by atoms with van der Waals surface area (Å²) < 4.78 is 4.60. The number of hydrogen-bond donors (Lipinski definition) is 1. The molecule has 1 heterocycles. The topological polar surface area (TPSA) is 55.4 Å². The first-order valence-electron chi connectivity index (χ1n) is 3.90. The Bertz CT molecular complexity index is 226. The molecule has 0 aromatic rings. The Morgan fingerprint density at radius 1 is 1.75 bits per heavy atom. The second-order valence-corrected chi connectivity index (χ2v) is 3.35. The smallest absolute Gasteiger partial charge is 0.331 e. The van der Waals surface area contributed by atoms with Crippen LogP contribution in [0.15, 0.2) is 0 Å². The van der Waals surface area contributed by atoms with Crippen molar-refractivity contribution in [2.75, 3.05) is 7.11 Å². The zero-order valence-electron chi connectivity index (χ0n) is 7.51. The molecule has 0 unspecified atom stereocenters. The fraction of sp³-hybridized carbons (Fsp3) is 0.750. The van der Waals surface area contributed by atoms with Gasteiger partial charge in [0.1, 0.15) is 5.54 Å². The Morgan fingerprint density at radius 2 is 2.33 bits per heavy atom. The third kappa shape index (κ3) is 1.17. The summed E-state index contributed by atoms with van der Waals surface area (Å²) in [6.07, 6.45) is 0.394. The minimum absolute atomic E-state index is 0.00236. The normalized spacial score (nSPS) is 34.6. The molecule has 4 heteroatoms. The number of hydrogen-bond acceptors (Lipinski definition) is 3. The van der Waals surface area contributed by atoms with E-state index in [0.29, 0.717) is 6.42 Å². The van der Waals surface area contributed by atoms with E-state index in [4.69, 9.17) is 0 Å². The van der Waals surface area contributed by atoms with Gasteiger partial charge in [0.15, 0.2) is 0 Å². The summed E-state index contributed by atoms with van der Waals surface area (Å²) in [5, 5.41) is 2.62. The molecule has 1 rings (SSSR count). The van der Waals surface area contributed by atoms with E-state index in [9.17, 15) is 9.59 Å². The molecule has 1 aliphatic rings. The number of amides is 1. The minimum Gasteiger partial charge on any atom is -0.467 e. The minimum atomic E-state index is -0.828. The first-order chi connectivity index (χ1) is 5.50. The van der Waals surface area contributed by atoms with Gasteiger partial charge in [-0.05, 0) is 12.8 Å². The summed E-state index contributed by atoms with van der Waals surface area (Å²) in [5.74, 6) is -0.464. The van der Waals surface area contributed by atoms with Gasteiger partial charge in [-0.1, -0.05) is 6.92 Å². The van der Waals surface area contributed by atoms with Gasteiger partial charge >= 0.3 is 5.97 Å². The zero-order valence-corrected chi connectivity index (χ0v) is 7.51. The van der Waals surface area contributed by atoms with Crippen molar-refractivity contribution in [3.05, 3.63) is 0 Å². The Kier molecular flexibility index (Phi) is 2.08. The average Bonchev–Trinajstić information content (AvgIpc) is 2.26. The van der Waals surface area contributed by atoms with Crippen molar-refractivity contribution in [2.45, 2.75) is 25.8 Å². The third-order valence-electron chi connectivity index (χ3n) is 2.49. The van der Waals surface area contributed by atoms with Gasteiger partial charge in [0.2, 0.25) is 5.91 Å². The maximum atomic E-state index is 11.3. The summed E-state index contributed by atoms with van der Waals surface area (Å²) in [6.45, 7) is 3.54. The number of carbonyl (C=O) groups excluding carboxylic acids is 2. The van der Waals surface area contributed by atoms with E-state index in [-0.39, 0.29) is 17.8 Å². The predicted octanol–water partition coefficient (Wildman–Crippen LogP) is 0.0741. The highest BCUT2D eigenvalue weighted by atomic mass is 16.5. The first kappa shape index (κ1) is 9.03. The standard InChI is InChI=1S/C8H13NO3/c1-5-4-6(10)9-8(5,2)7(11)12-3/h5H,4H2,1-3H3,(H,9,10)/t5-,8-/m0/s1. The van der Waals surface area contributed by atoms with Crippen molar-refractivity contribution in [3.63, 3.8) is 0 Å². The molecule has 2 atom stereocenters. The number of methoxy groups -OCH3 is 1. The van der Waals surface area contributed by atoms with Gasteiger partial charge in [-0.3, -0.25) is 4.79 Å². The Balaban J connectivity index is 2.84. The van der Waals surface area contributed by atoms with E-state index in [1.165, 1.54) is 7.11 Å². The van der Waals surface area contributed by atoms with E-state index in [1.807, 2.05) is 6.92 Å². The third-order valence-corrected chi connectivity index (χ3v) is 2.49. The molecule has 1 amide bonds. The van der Waals surface area contributed by atoms with Crippen LogP contribution in [0.2, 0.25) is 0 Å². The highest BCUT2D eigenvalue weighted by Gasteiger charge is 2.47. The highest BCUT2D eigenvalue weighted by Crippen LogP contribution is 2.27. The van der Waals surface area contributed by atoms with Crippen LogP contribution in [0.4, 0.5) is 0 Å². The quantitative estimate of drug-likeness (QED) is 0.568. The lowest BCUT2D eigenvalue weighted by Crippen LogP contribution is -2.50. The molecule has 12 heavy (non-hydrogen) atoms. The van der Waals surface area contributed by atoms with Gasteiger partial charge in [0.25, 0.3) is 0 Å². The van der Waals surface area contributed by atoms with Gasteiger partial charge < -0.3 is 10.1 Å². The molecular weight excluding hydrogens is 158 g/mol. The molecule has 1 N–H and O–H groups in total. The lowest BCUT2D eigenvalue weighted by Gasteiger charge is -2.24. The van der Waals surface area contributed by atoms with Crippen LogP contribution in [0.3, 0.4) is 0 Å². The van der Waals surface area contributed by atoms with Crippen molar-refractivity contribution in [1.82, 2.24) is 5.32 Å². The Hall–Kier alpha value is -1.06. The number of carbonyl (C=O) groups is 2. The van der Waals surface area contributed by atoms with Crippen LogP contribution in [0.25, 0.3) is 0 Å². The molecule has 4 nitrogen and oxygen atoms in total. The fourth-order valence-corrected chi connectivity index (χ4v) is 1.41. The molecule has 0 spiro atoms. The van der Waals surface area contributed by atoms with E-state index >= 15 is 0 Å². The first-order valence-corrected chi connectivity index (χ1v) is 3.90. The van der Waals surface area contributed by atoms with E-state index in [1.54, 1.807) is 6.92 Å². The second-order valence-electron chi connectivity index (χ2n) is 3.35. The van der Waals surface area contributed by atoms with Gasteiger partial charge in [0, 0.05) is 6.42 Å². The largest absolute Gasteiger partial charge is 0.467 e. The summed E-state index contributed by atoms with van der Waals surface area (Å²) in [7, 11) is 1.32. The lowest BCUT2D eigenvalue weighted by molar-refractivity contribution is -0.149. The fourth-order valence-electron chi connectivity index (χ4n) is 1.41. The van der Waals surface area contributed by atoms with Crippen LogP contribution in [-0.2, 0) is 14.3 Å². The molecule has 0 aliphatic carbocycles. The molecular formula is C8H13NO3. The Morgan fingerprint density at radius 3 is 2.67 bits per heavy atom. The zero-order chi connectivity index (χ0) is 9.35. The van der Waals surface area contributed by atoms with Crippen LogP contribution >= 0.6 is 0 Å². The van der Waals surface area contributed by atoms with Gasteiger partial charge in [-0.25, -0.2) is 4.79 Å². The van der Waals surface area contributed by atoms with Gasteiger partial charge in [-0.2, -0.15) is 0 Å². The number of nitrogens with one attached hydrogen (secondary N) is 1. The van der Waals surface area contributed by atoms with Crippen molar-refractivity contribution in [3.8, 4) is 0 Å². The maximum Gasteiger partial charge on any atom is 0.331 e. The van der Waals surface area contributed by atoms with E-state index in [0.717, 1.165) is 0 Å². The summed E-state index contributed by atoms with van der Waals surface area (Å²) in [4.78, 5) is 22.2. The number of ether oxygens (including phenoxy) is 1. The number of rotatable bonds is 1. The summed E-state index contributed by atoms with van der Waals surface area (Å²) >= 11 is 0. The van der Waals surface area contributed by atoms with Gasteiger partial charge in [-0.15, -0.1) is 0 Å². The van der Waals surface area contributed by atoms with Crippen LogP contribution < -0.4 is 5.32 Å². The van der Waals surface area contributed by atoms with Crippen molar-refractivity contribution in [1.29, 1.82) is 0 Å². The molecule has 1 aliphatic heterocycles. The van der Waals surface area contributed by atoms with Gasteiger partial charge in [0.05, 0.1) is 7.11 Å². The molecule has 0 saturated carbocycles. The van der Waals surface area contributed by atoms with Crippen LogP contribution in [0.1, 0.15) is 20.3 Å². The monoisotopic (exact) mass is 171 g/mol. The number of esters is 1. The molecule has 68 valence electrons. The van der Waals surface area contributed by atoms with Crippen molar-refractivity contribution < 1.29 is 14.3 Å². The highest BCUT2D eigenvalue weighted by molar-refractivity contribution is 5.91. The second kappa shape index (κ2) is 2.77. The predicted molar refractivity (Wildman–Crippen MR) is 42.3 cm³/mol. The van der Waals surface area contributed by atoms with E-state index in [2.05, 4.69) is 10.1 Å². The van der Waals surface area contributed by atoms with Crippen molar-refractivity contribution in [2.24, 2.45) is 5.92 Å². The van der Waals surface area contributed by atoms with Crippen LogP contribution in [0, 0.1) is 5.92 Å². The maximum absolute atomic E-state index is 11.3. The molecule has 1 fully saturated rings. The summed E-state index contributed by atoms with van der Waals surface area (Å²) in [5.41, 5.74) is -0.828. The average molecular weight is 171 g/mol. The molecule has 0 aromatic heterocycles. The van der Waals surface area contributed by atoms with Crippen molar-refractivity contribution >= 4 is 11.9 Å². The molecule has 0 bridgehead atoms. The van der Waals surface area contributed by atoms with Crippen LogP contribution in [-0.4, -0.2) is 24.5 Å². The van der Waals surface area contributed by atoms with Crippen LogP contribution in [0.5, 0.6) is 0 Å². The lowest BCUT2D eigenvalue weighted by atomic mass is 9.89. The molecule has 0 aromatic carbocycles. The SMILES string of the molecule is COC(=O)[C@@]1(C)NC(=O)C[C@@H]1C. The Labute approximate surface area is 71.3 Å². The van der Waals surface area contributed by atoms with E-state index < -0.39 is 5.54 Å². The summed E-state index contributed by atoms with van der Waals surface area (Å²) in [6, 6.07) is 0.